The van der Waals surface area contributed by atoms with Crippen molar-refractivity contribution in [1.29, 1.82) is 0 Å². The molecule has 2 aromatic rings. The summed E-state index contributed by atoms with van der Waals surface area (Å²) in [6, 6.07) is 3.81. The Bertz CT molecular complexity index is 523. The molecule has 0 aliphatic carbocycles. The first-order valence-corrected chi connectivity index (χ1v) is 6.20. The molecule has 0 aliphatic heterocycles. The van der Waals surface area contributed by atoms with Gasteiger partial charge in [0.1, 0.15) is 0 Å². The lowest BCUT2D eigenvalue weighted by atomic mass is 10.0. The number of hydrogen-bond acceptors (Lipinski definition) is 4. The smallest absolute Gasteiger partial charge is 0.243 e. The molecule has 2 heterocycles. The van der Waals surface area contributed by atoms with E-state index in [9.17, 15) is 0 Å². The van der Waals surface area contributed by atoms with Gasteiger partial charge in [-0.3, -0.25) is 0 Å². The molecule has 2 N–H and O–H groups in total. The average molecular weight is 299 g/mol. The van der Waals surface area contributed by atoms with Gasteiger partial charge in [-0.15, -0.1) is 5.10 Å². The van der Waals surface area contributed by atoms with Crippen LogP contribution in [0, 0.1) is 0 Å². The molecule has 0 aromatic carbocycles. The highest BCUT2D eigenvalue weighted by molar-refractivity contribution is 9.10. The van der Waals surface area contributed by atoms with Gasteiger partial charge in [0.2, 0.25) is 5.95 Å². The molecule has 0 fully saturated rings. The first-order valence-electron chi connectivity index (χ1n) is 5.41. The molecule has 17 heavy (non-hydrogen) atoms. The quantitative estimate of drug-likeness (QED) is 0.907. The molecular formula is C11H15BrN4O. The fourth-order valence-electron chi connectivity index (χ4n) is 1.56. The van der Waals surface area contributed by atoms with E-state index in [0.29, 0.717) is 12.4 Å². The average Bonchev–Trinajstić information content (AvgIpc) is 2.57. The topological polar surface area (TPSA) is 62.5 Å². The molecule has 0 spiro atoms. The van der Waals surface area contributed by atoms with Crippen molar-refractivity contribution in [2.45, 2.75) is 25.8 Å². The van der Waals surface area contributed by atoms with Crippen LogP contribution in [0.5, 0.6) is 0 Å². The van der Waals surface area contributed by atoms with Crippen molar-refractivity contribution in [1.82, 2.24) is 14.6 Å². The highest BCUT2D eigenvalue weighted by Crippen LogP contribution is 2.17. The predicted octanol–water partition coefficient (Wildman–Crippen LogP) is 2.06. The second-order valence-corrected chi connectivity index (χ2v) is 5.48. The van der Waals surface area contributed by atoms with Gasteiger partial charge in [-0.25, -0.2) is 4.52 Å². The van der Waals surface area contributed by atoms with Crippen molar-refractivity contribution in [3.63, 3.8) is 0 Å². The second kappa shape index (κ2) is 4.62. The van der Waals surface area contributed by atoms with Crippen molar-refractivity contribution >= 4 is 27.5 Å². The highest BCUT2D eigenvalue weighted by atomic mass is 79.9. The van der Waals surface area contributed by atoms with Gasteiger partial charge in [-0.1, -0.05) is 0 Å². The number of rotatable bonds is 4. The van der Waals surface area contributed by atoms with Crippen molar-refractivity contribution in [3.8, 4) is 0 Å². The first kappa shape index (κ1) is 12.3. The molecule has 0 amide bonds. The number of halogens is 1. The lowest BCUT2D eigenvalue weighted by Crippen LogP contribution is -2.32. The number of aromatic nitrogens is 3. The Morgan fingerprint density at radius 3 is 2.94 bits per heavy atom. The lowest BCUT2D eigenvalue weighted by molar-refractivity contribution is 0.260. The van der Waals surface area contributed by atoms with E-state index >= 15 is 0 Å². The molecular weight excluding hydrogens is 284 g/mol. The van der Waals surface area contributed by atoms with Crippen LogP contribution in [0.15, 0.2) is 22.8 Å². The Hall–Kier alpha value is -1.14. The maximum absolute atomic E-state index is 8.96. The zero-order chi connectivity index (χ0) is 12.5. The van der Waals surface area contributed by atoms with Crippen LogP contribution in [0.1, 0.15) is 20.3 Å². The lowest BCUT2D eigenvalue weighted by Gasteiger charge is -2.24. The normalized spacial score (nSPS) is 12.0. The molecule has 2 aromatic heterocycles. The van der Waals surface area contributed by atoms with Gasteiger partial charge in [-0.05, 0) is 48.3 Å². The van der Waals surface area contributed by atoms with E-state index in [-0.39, 0.29) is 12.1 Å². The third-order valence-corrected chi connectivity index (χ3v) is 2.95. The fourth-order valence-corrected chi connectivity index (χ4v) is 1.88. The first-order chi connectivity index (χ1) is 8.00. The summed E-state index contributed by atoms with van der Waals surface area (Å²) < 4.78 is 2.66. The van der Waals surface area contributed by atoms with Gasteiger partial charge in [0.15, 0.2) is 5.65 Å². The Morgan fingerprint density at radius 1 is 1.47 bits per heavy atom. The van der Waals surface area contributed by atoms with Crippen molar-refractivity contribution in [3.05, 3.63) is 22.8 Å². The molecule has 2 rings (SSSR count). The van der Waals surface area contributed by atoms with Gasteiger partial charge in [0, 0.05) is 22.8 Å². The summed E-state index contributed by atoms with van der Waals surface area (Å²) in [5.41, 5.74) is 0.562. The van der Waals surface area contributed by atoms with E-state index in [1.54, 1.807) is 4.52 Å². The minimum absolute atomic E-state index is 0.138. The Balaban J connectivity index is 2.25. The predicted molar refractivity (Wildman–Crippen MR) is 70.1 cm³/mol. The monoisotopic (exact) mass is 298 g/mol. The van der Waals surface area contributed by atoms with Crippen LogP contribution in [0.2, 0.25) is 0 Å². The van der Waals surface area contributed by atoms with Gasteiger partial charge < -0.3 is 10.4 Å². The summed E-state index contributed by atoms with van der Waals surface area (Å²) in [6.07, 6.45) is 2.50. The van der Waals surface area contributed by atoms with Gasteiger partial charge in [-0.2, -0.15) is 4.98 Å². The van der Waals surface area contributed by atoms with Crippen molar-refractivity contribution in [2.24, 2.45) is 0 Å². The highest BCUT2D eigenvalue weighted by Gasteiger charge is 2.18. The summed E-state index contributed by atoms with van der Waals surface area (Å²) in [5, 5.41) is 16.5. The van der Waals surface area contributed by atoms with Crippen LogP contribution in [-0.2, 0) is 0 Å². The molecule has 6 heteroatoms. The van der Waals surface area contributed by atoms with E-state index in [2.05, 4.69) is 31.3 Å². The number of hydrogen-bond donors (Lipinski definition) is 2. The van der Waals surface area contributed by atoms with Crippen molar-refractivity contribution in [2.75, 3.05) is 11.9 Å². The second-order valence-electron chi connectivity index (χ2n) is 4.57. The number of anilines is 1. The van der Waals surface area contributed by atoms with Crippen LogP contribution in [0.4, 0.5) is 5.95 Å². The summed E-state index contributed by atoms with van der Waals surface area (Å²) in [6.45, 7) is 4.15. The Labute approximate surface area is 108 Å². The minimum Gasteiger partial charge on any atom is -0.396 e. The molecule has 0 saturated heterocycles. The van der Waals surface area contributed by atoms with Crippen molar-refractivity contribution < 1.29 is 5.11 Å². The molecule has 0 atom stereocenters. The maximum atomic E-state index is 8.96. The summed E-state index contributed by atoms with van der Waals surface area (Å²) in [7, 11) is 0. The van der Waals surface area contributed by atoms with E-state index < -0.39 is 0 Å². The van der Waals surface area contributed by atoms with E-state index in [0.717, 1.165) is 10.1 Å². The van der Waals surface area contributed by atoms with Gasteiger partial charge in [0.05, 0.1) is 0 Å². The molecule has 0 aliphatic rings. The number of nitrogens with zero attached hydrogens (tertiary/aromatic N) is 3. The zero-order valence-corrected chi connectivity index (χ0v) is 11.4. The Morgan fingerprint density at radius 2 is 2.24 bits per heavy atom. The van der Waals surface area contributed by atoms with Crippen LogP contribution in [0.3, 0.4) is 0 Å². The molecule has 0 radical (unpaired) electrons. The number of fused-ring (bicyclic) bond motifs is 1. The minimum atomic E-state index is -0.225. The summed E-state index contributed by atoms with van der Waals surface area (Å²) in [5.74, 6) is 0.571. The zero-order valence-electron chi connectivity index (χ0n) is 9.81. The van der Waals surface area contributed by atoms with Crippen LogP contribution >= 0.6 is 15.9 Å². The SMILES string of the molecule is CC(C)(CCO)Nc1nc2ccc(Br)cn2n1. The molecule has 5 nitrogen and oxygen atoms in total. The number of pyridine rings is 1. The molecule has 92 valence electrons. The number of aliphatic hydroxyl groups is 1. The third-order valence-electron chi connectivity index (χ3n) is 2.48. The van der Waals surface area contributed by atoms with E-state index in [1.807, 2.05) is 32.2 Å². The van der Waals surface area contributed by atoms with Gasteiger partial charge >= 0.3 is 0 Å². The van der Waals surface area contributed by atoms with Crippen LogP contribution in [-0.4, -0.2) is 31.9 Å². The van der Waals surface area contributed by atoms with Crippen LogP contribution in [0.25, 0.3) is 5.65 Å². The fraction of sp³-hybridized carbons (Fsp3) is 0.455. The number of aliphatic hydroxyl groups excluding tert-OH is 1. The summed E-state index contributed by atoms with van der Waals surface area (Å²) in [4.78, 5) is 4.36. The molecule has 0 saturated carbocycles. The summed E-state index contributed by atoms with van der Waals surface area (Å²) >= 11 is 3.39. The molecule has 0 unspecified atom stereocenters. The van der Waals surface area contributed by atoms with Gasteiger partial charge in [0.25, 0.3) is 0 Å². The third kappa shape index (κ3) is 2.95. The van der Waals surface area contributed by atoms with E-state index in [1.165, 1.54) is 0 Å². The maximum Gasteiger partial charge on any atom is 0.243 e. The Kier molecular flexibility index (Phi) is 3.35. The number of nitrogens with one attached hydrogen (secondary N) is 1. The standard InChI is InChI=1S/C11H15BrN4O/c1-11(2,5-6-17)14-10-13-9-4-3-8(12)7-16(9)15-10/h3-4,7,17H,5-6H2,1-2H3,(H,14,15). The van der Waals surface area contributed by atoms with Crippen LogP contribution < -0.4 is 5.32 Å². The molecule has 0 bridgehead atoms. The van der Waals surface area contributed by atoms with E-state index in [4.69, 9.17) is 5.11 Å². The largest absolute Gasteiger partial charge is 0.396 e.